The van der Waals surface area contributed by atoms with Crippen LogP contribution in [0.15, 0.2) is 60.2 Å². The number of aliphatic carboxylic acids is 1. The van der Waals surface area contributed by atoms with Crippen molar-refractivity contribution in [3.63, 3.8) is 0 Å². The highest BCUT2D eigenvalue weighted by atomic mass is 16.5. The van der Waals surface area contributed by atoms with Gasteiger partial charge in [0, 0.05) is 18.0 Å². The summed E-state index contributed by atoms with van der Waals surface area (Å²) in [5.41, 5.74) is 0.279. The predicted molar refractivity (Wildman–Crippen MR) is 145 cm³/mol. The molecule has 212 valence electrons. The number of anilines is 1. The van der Waals surface area contributed by atoms with E-state index < -0.39 is 64.6 Å². The molecule has 10 heteroatoms. The Labute approximate surface area is 236 Å². The number of amides is 4. The molecule has 0 radical (unpaired) electrons. The fraction of sp³-hybridized carbons (Fsp3) is 0.387. The summed E-state index contributed by atoms with van der Waals surface area (Å²) in [4.78, 5) is 68.8. The number of hydrogen-bond donors (Lipinski definition) is 2. The second kappa shape index (κ2) is 9.57. The molecule has 4 amide bonds. The molecule has 4 aliphatic rings. The third-order valence-electron chi connectivity index (χ3n) is 9.49. The minimum Gasteiger partial charge on any atom is -0.504 e. The fourth-order valence-electron chi connectivity index (χ4n) is 7.61. The number of para-hydroxylation sites is 2. The van der Waals surface area contributed by atoms with Crippen LogP contribution in [-0.4, -0.2) is 58.4 Å². The van der Waals surface area contributed by atoms with Crippen molar-refractivity contribution < 1.29 is 38.9 Å². The number of methoxy groups -OCH3 is 1. The number of fused-ring (bicyclic) bond motifs is 4. The van der Waals surface area contributed by atoms with E-state index >= 15 is 0 Å². The number of phenolic OH excluding ortho intramolecular Hbond substituents is 1. The molecule has 2 aromatic rings. The lowest BCUT2D eigenvalue weighted by molar-refractivity contribution is -0.142. The summed E-state index contributed by atoms with van der Waals surface area (Å²) in [6, 6.07) is 13.7. The van der Waals surface area contributed by atoms with Gasteiger partial charge in [-0.25, -0.2) is 4.90 Å². The van der Waals surface area contributed by atoms with Crippen LogP contribution in [-0.2, 0) is 24.0 Å². The number of rotatable bonds is 6. The first kappa shape index (κ1) is 26.7. The number of aromatic hydroxyl groups is 1. The summed E-state index contributed by atoms with van der Waals surface area (Å²) >= 11 is 0. The predicted octanol–water partition coefficient (Wildman–Crippen LogP) is 3.11. The molecule has 2 saturated heterocycles. The van der Waals surface area contributed by atoms with E-state index in [2.05, 4.69) is 0 Å². The van der Waals surface area contributed by atoms with Crippen molar-refractivity contribution in [1.82, 2.24) is 4.90 Å². The van der Waals surface area contributed by atoms with E-state index in [4.69, 9.17) is 9.84 Å². The quantitative estimate of drug-likeness (QED) is 0.407. The number of nitrogens with zero attached hydrogens (tertiary/aromatic N) is 2. The fourth-order valence-corrected chi connectivity index (χ4v) is 7.61. The molecule has 2 aromatic carbocycles. The number of ether oxygens (including phenoxy) is 1. The molecular formula is C31H30N2O8. The number of benzene rings is 2. The van der Waals surface area contributed by atoms with Gasteiger partial charge in [-0.2, -0.15) is 0 Å². The zero-order valence-electron chi connectivity index (χ0n) is 22.6. The number of carboxylic acids is 1. The van der Waals surface area contributed by atoms with Gasteiger partial charge in [-0.1, -0.05) is 42.0 Å². The van der Waals surface area contributed by atoms with Gasteiger partial charge in [0.1, 0.15) is 0 Å². The van der Waals surface area contributed by atoms with E-state index in [1.807, 2.05) is 6.08 Å². The molecule has 2 aliphatic carbocycles. The second-order valence-electron chi connectivity index (χ2n) is 11.4. The molecule has 2 N–H and O–H groups in total. The maximum absolute atomic E-state index is 14.3. The summed E-state index contributed by atoms with van der Waals surface area (Å²) < 4.78 is 5.37. The first-order valence-corrected chi connectivity index (χ1v) is 13.7. The number of imide groups is 2. The topological polar surface area (TPSA) is 142 Å². The molecule has 2 aliphatic heterocycles. The number of allylic oxidation sites excluding steroid dienone is 2. The lowest BCUT2D eigenvalue weighted by Gasteiger charge is -2.49. The zero-order valence-corrected chi connectivity index (χ0v) is 22.6. The molecule has 0 bridgehead atoms. The highest BCUT2D eigenvalue weighted by molar-refractivity contribution is 6.24. The first-order chi connectivity index (χ1) is 19.6. The molecule has 6 atom stereocenters. The highest BCUT2D eigenvalue weighted by Gasteiger charge is 2.67. The van der Waals surface area contributed by atoms with E-state index in [-0.39, 0.29) is 37.3 Å². The monoisotopic (exact) mass is 558 g/mol. The van der Waals surface area contributed by atoms with Crippen molar-refractivity contribution in [3.8, 4) is 11.5 Å². The largest absolute Gasteiger partial charge is 0.504 e. The van der Waals surface area contributed by atoms with Gasteiger partial charge < -0.3 is 14.9 Å². The van der Waals surface area contributed by atoms with Crippen LogP contribution in [0.5, 0.6) is 11.5 Å². The number of phenols is 1. The van der Waals surface area contributed by atoms with Crippen LogP contribution in [0.2, 0.25) is 0 Å². The molecule has 41 heavy (non-hydrogen) atoms. The highest BCUT2D eigenvalue weighted by Crippen LogP contribution is 2.64. The molecule has 0 aromatic heterocycles. The van der Waals surface area contributed by atoms with E-state index in [9.17, 15) is 29.1 Å². The molecule has 2 heterocycles. The summed E-state index contributed by atoms with van der Waals surface area (Å²) in [5, 5.41) is 20.5. The van der Waals surface area contributed by atoms with Crippen LogP contribution < -0.4 is 9.64 Å². The van der Waals surface area contributed by atoms with Crippen LogP contribution in [0.1, 0.15) is 37.7 Å². The third-order valence-corrected chi connectivity index (χ3v) is 9.49. The second-order valence-corrected chi connectivity index (χ2v) is 11.4. The minimum atomic E-state index is -1.29. The molecular weight excluding hydrogens is 528 g/mol. The smallest absolute Gasteiger partial charge is 0.305 e. The number of likely N-dealkylation sites (tertiary alicyclic amines) is 1. The first-order valence-electron chi connectivity index (χ1n) is 13.7. The molecule has 1 saturated carbocycles. The van der Waals surface area contributed by atoms with Crippen LogP contribution in [0.3, 0.4) is 0 Å². The van der Waals surface area contributed by atoms with Crippen molar-refractivity contribution in [2.24, 2.45) is 29.1 Å². The molecule has 3 fully saturated rings. The average molecular weight is 559 g/mol. The molecule has 10 nitrogen and oxygen atoms in total. The number of carbonyl (C=O) groups is 5. The van der Waals surface area contributed by atoms with Gasteiger partial charge in [-0.3, -0.25) is 28.9 Å². The standard InChI is InChI=1S/C31H30N2O8/c1-31-21(28(38)33(30(31)40)16-7-4-3-5-8-16)15-20-17(25(31)19-9-6-10-22(41-2)26(19)36)11-12-18-24(20)29(39)32(27(18)37)14-13-23(34)35/h3-11,18,20-21,24-25,36H,12-15H2,1-2H3,(H,34,35). The summed E-state index contributed by atoms with van der Waals surface area (Å²) in [6.07, 6.45) is 1.93. The zero-order chi connectivity index (χ0) is 29.2. The molecule has 0 spiro atoms. The Morgan fingerprint density at radius 3 is 2.41 bits per heavy atom. The number of hydrogen-bond acceptors (Lipinski definition) is 7. The van der Waals surface area contributed by atoms with Crippen molar-refractivity contribution in [2.75, 3.05) is 18.6 Å². The Morgan fingerprint density at radius 2 is 1.73 bits per heavy atom. The van der Waals surface area contributed by atoms with E-state index in [1.165, 1.54) is 12.0 Å². The van der Waals surface area contributed by atoms with E-state index in [0.29, 0.717) is 11.3 Å². The minimum absolute atomic E-state index is 0.154. The van der Waals surface area contributed by atoms with Crippen LogP contribution in [0.25, 0.3) is 0 Å². The van der Waals surface area contributed by atoms with Gasteiger partial charge >= 0.3 is 5.97 Å². The normalized spacial score (nSPS) is 30.6. The summed E-state index contributed by atoms with van der Waals surface area (Å²) in [6.45, 7) is 1.52. The lowest BCUT2D eigenvalue weighted by Crippen LogP contribution is -2.48. The van der Waals surface area contributed by atoms with Crippen LogP contribution >= 0.6 is 0 Å². The lowest BCUT2D eigenvalue weighted by atomic mass is 9.51. The van der Waals surface area contributed by atoms with Crippen LogP contribution in [0, 0.1) is 29.1 Å². The van der Waals surface area contributed by atoms with Crippen molar-refractivity contribution in [3.05, 3.63) is 65.7 Å². The summed E-state index contributed by atoms with van der Waals surface area (Å²) in [7, 11) is 1.42. The Balaban J connectivity index is 1.50. The van der Waals surface area contributed by atoms with Crippen molar-refractivity contribution in [2.45, 2.75) is 32.1 Å². The van der Waals surface area contributed by atoms with Gasteiger partial charge in [0.2, 0.25) is 23.6 Å². The Bertz CT molecular complexity index is 1520. The average Bonchev–Trinajstić information content (AvgIpc) is 3.32. The van der Waals surface area contributed by atoms with Crippen molar-refractivity contribution >= 4 is 35.3 Å². The Hall–Kier alpha value is -4.47. The van der Waals surface area contributed by atoms with Crippen LogP contribution in [0.4, 0.5) is 5.69 Å². The van der Waals surface area contributed by atoms with E-state index in [1.54, 1.807) is 55.5 Å². The Morgan fingerprint density at radius 1 is 1.00 bits per heavy atom. The Kier molecular flexibility index (Phi) is 6.24. The van der Waals surface area contributed by atoms with Gasteiger partial charge in [0.25, 0.3) is 0 Å². The van der Waals surface area contributed by atoms with Gasteiger partial charge in [0.05, 0.1) is 42.4 Å². The van der Waals surface area contributed by atoms with Gasteiger partial charge in [-0.15, -0.1) is 0 Å². The maximum Gasteiger partial charge on any atom is 0.305 e. The van der Waals surface area contributed by atoms with E-state index in [0.717, 1.165) is 10.5 Å². The molecule has 6 rings (SSSR count). The molecule has 6 unspecified atom stereocenters. The van der Waals surface area contributed by atoms with Crippen molar-refractivity contribution in [1.29, 1.82) is 0 Å². The number of carbonyl (C=O) groups excluding carboxylic acids is 4. The third kappa shape index (κ3) is 3.73. The SMILES string of the molecule is COc1cccc(C2C3=CCC4C(=O)N(CCC(=O)O)C(=O)C4C3CC3C(=O)N(c4ccccc4)C(=O)C32C)c1O. The van der Waals surface area contributed by atoms with Gasteiger partial charge in [-0.05, 0) is 43.9 Å². The number of carboxylic acid groups (broad SMARTS) is 1. The van der Waals surface area contributed by atoms with Gasteiger partial charge in [0.15, 0.2) is 11.5 Å². The maximum atomic E-state index is 14.3. The summed E-state index contributed by atoms with van der Waals surface area (Å²) in [5.74, 6) is -6.33.